The fourth-order valence-corrected chi connectivity index (χ4v) is 2.11. The van der Waals surface area contributed by atoms with Crippen LogP contribution in [-0.4, -0.2) is 34.7 Å². The fraction of sp³-hybridized carbons (Fsp3) is 0.500. The van der Waals surface area contributed by atoms with Crippen LogP contribution in [-0.2, 0) is 0 Å². The Hall–Kier alpha value is -0.260. The SMILES string of the molecule is CSCC(CCO)Nc1ccc(Br)cn1. The van der Waals surface area contributed by atoms with Gasteiger partial charge in [-0.05, 0) is 40.7 Å². The lowest BCUT2D eigenvalue weighted by Gasteiger charge is -2.17. The molecule has 1 rings (SSSR count). The summed E-state index contributed by atoms with van der Waals surface area (Å²) < 4.78 is 0.969. The van der Waals surface area contributed by atoms with E-state index >= 15 is 0 Å². The van der Waals surface area contributed by atoms with Crippen LogP contribution in [0, 0.1) is 0 Å². The smallest absolute Gasteiger partial charge is 0.126 e. The largest absolute Gasteiger partial charge is 0.396 e. The Kier molecular flexibility index (Phi) is 6.05. The molecule has 0 aliphatic carbocycles. The lowest BCUT2D eigenvalue weighted by atomic mass is 10.2. The lowest BCUT2D eigenvalue weighted by Crippen LogP contribution is -2.24. The Morgan fingerprint density at radius 1 is 1.60 bits per heavy atom. The molecule has 5 heteroatoms. The summed E-state index contributed by atoms with van der Waals surface area (Å²) in [5.41, 5.74) is 0. The summed E-state index contributed by atoms with van der Waals surface area (Å²) in [6.07, 6.45) is 4.57. The number of hydrogen-bond acceptors (Lipinski definition) is 4. The number of aliphatic hydroxyl groups excluding tert-OH is 1. The van der Waals surface area contributed by atoms with Gasteiger partial charge in [0.05, 0.1) is 0 Å². The zero-order chi connectivity index (χ0) is 11.1. The number of aromatic nitrogens is 1. The van der Waals surface area contributed by atoms with Crippen molar-refractivity contribution in [2.45, 2.75) is 12.5 Å². The Labute approximate surface area is 103 Å². The summed E-state index contributed by atoms with van der Waals surface area (Å²) in [6.45, 7) is 0.203. The second kappa shape index (κ2) is 7.09. The molecule has 0 aliphatic heterocycles. The van der Waals surface area contributed by atoms with E-state index in [1.165, 1.54) is 0 Å². The first kappa shape index (κ1) is 12.8. The van der Waals surface area contributed by atoms with Crippen LogP contribution >= 0.6 is 27.7 Å². The minimum absolute atomic E-state index is 0.203. The van der Waals surface area contributed by atoms with Crippen molar-refractivity contribution in [2.24, 2.45) is 0 Å². The molecule has 1 aromatic rings. The van der Waals surface area contributed by atoms with E-state index in [-0.39, 0.29) is 12.6 Å². The van der Waals surface area contributed by atoms with Gasteiger partial charge in [0.25, 0.3) is 0 Å². The first-order chi connectivity index (χ1) is 7.26. The molecule has 0 aliphatic rings. The molecule has 0 radical (unpaired) electrons. The van der Waals surface area contributed by atoms with Gasteiger partial charge in [-0.25, -0.2) is 4.98 Å². The zero-order valence-electron chi connectivity index (χ0n) is 8.61. The van der Waals surface area contributed by atoms with Crippen molar-refractivity contribution >= 4 is 33.5 Å². The maximum Gasteiger partial charge on any atom is 0.126 e. The molecule has 0 saturated heterocycles. The van der Waals surface area contributed by atoms with Gasteiger partial charge in [0.1, 0.15) is 5.82 Å². The van der Waals surface area contributed by atoms with Gasteiger partial charge in [-0.15, -0.1) is 0 Å². The summed E-state index contributed by atoms with van der Waals surface area (Å²) in [5, 5.41) is 12.2. The predicted octanol–water partition coefficient (Wildman–Crippen LogP) is 2.37. The van der Waals surface area contributed by atoms with E-state index in [2.05, 4.69) is 32.5 Å². The van der Waals surface area contributed by atoms with Crippen molar-refractivity contribution in [3.63, 3.8) is 0 Å². The van der Waals surface area contributed by atoms with Crippen LogP contribution in [0.3, 0.4) is 0 Å². The molecular weight excluding hydrogens is 276 g/mol. The van der Waals surface area contributed by atoms with Crippen LogP contribution in [0.4, 0.5) is 5.82 Å². The normalized spacial score (nSPS) is 12.5. The third-order valence-corrected chi connectivity index (χ3v) is 3.13. The number of thioether (sulfide) groups is 1. The third-order valence-electron chi connectivity index (χ3n) is 1.92. The number of pyridine rings is 1. The van der Waals surface area contributed by atoms with Crippen LogP contribution in [0.25, 0.3) is 0 Å². The molecular formula is C10H15BrN2OS. The molecule has 0 fully saturated rings. The van der Waals surface area contributed by atoms with E-state index in [9.17, 15) is 0 Å². The van der Waals surface area contributed by atoms with Gasteiger partial charge in [-0.3, -0.25) is 0 Å². The highest BCUT2D eigenvalue weighted by atomic mass is 79.9. The first-order valence-electron chi connectivity index (χ1n) is 4.74. The second-order valence-corrected chi connectivity index (χ2v) is 5.00. The van der Waals surface area contributed by atoms with Gasteiger partial charge in [-0.1, -0.05) is 0 Å². The molecule has 1 aromatic heterocycles. The molecule has 0 aromatic carbocycles. The molecule has 15 heavy (non-hydrogen) atoms. The van der Waals surface area contributed by atoms with Crippen molar-refractivity contribution < 1.29 is 5.11 Å². The number of aliphatic hydroxyl groups is 1. The van der Waals surface area contributed by atoms with Crippen LogP contribution in [0.5, 0.6) is 0 Å². The van der Waals surface area contributed by atoms with E-state index in [0.29, 0.717) is 0 Å². The van der Waals surface area contributed by atoms with Crippen LogP contribution in [0.1, 0.15) is 6.42 Å². The summed E-state index contributed by atoms with van der Waals surface area (Å²) in [4.78, 5) is 4.23. The van der Waals surface area contributed by atoms with Gasteiger partial charge >= 0.3 is 0 Å². The van der Waals surface area contributed by atoms with Gasteiger partial charge < -0.3 is 10.4 Å². The van der Waals surface area contributed by atoms with Gasteiger partial charge in [-0.2, -0.15) is 11.8 Å². The number of rotatable bonds is 6. The molecule has 0 bridgehead atoms. The van der Waals surface area contributed by atoms with E-state index in [0.717, 1.165) is 22.5 Å². The van der Waals surface area contributed by atoms with Crippen LogP contribution < -0.4 is 5.32 Å². The average Bonchev–Trinajstić information content (AvgIpc) is 2.22. The molecule has 1 unspecified atom stereocenters. The van der Waals surface area contributed by atoms with E-state index in [1.807, 2.05) is 12.1 Å². The average molecular weight is 291 g/mol. The van der Waals surface area contributed by atoms with Gasteiger partial charge in [0.15, 0.2) is 0 Å². The van der Waals surface area contributed by atoms with Crippen molar-refractivity contribution in [1.29, 1.82) is 0 Å². The van der Waals surface area contributed by atoms with Crippen LogP contribution in [0.2, 0.25) is 0 Å². The van der Waals surface area contributed by atoms with Crippen molar-refractivity contribution in [3.05, 3.63) is 22.8 Å². The molecule has 0 spiro atoms. The molecule has 84 valence electrons. The number of anilines is 1. The maximum atomic E-state index is 8.91. The summed E-state index contributed by atoms with van der Waals surface area (Å²) in [6, 6.07) is 4.15. The van der Waals surface area contributed by atoms with E-state index in [4.69, 9.17) is 5.11 Å². The second-order valence-electron chi connectivity index (χ2n) is 3.17. The first-order valence-corrected chi connectivity index (χ1v) is 6.93. The van der Waals surface area contributed by atoms with Crippen molar-refractivity contribution in [3.8, 4) is 0 Å². The number of halogens is 1. The summed E-state index contributed by atoms with van der Waals surface area (Å²) in [5.74, 6) is 1.82. The molecule has 2 N–H and O–H groups in total. The molecule has 0 saturated carbocycles. The minimum atomic E-state index is 0.203. The highest BCUT2D eigenvalue weighted by Gasteiger charge is 2.07. The molecule has 3 nitrogen and oxygen atoms in total. The zero-order valence-corrected chi connectivity index (χ0v) is 11.0. The number of nitrogens with one attached hydrogen (secondary N) is 1. The third kappa shape index (κ3) is 4.86. The standard InChI is InChI=1S/C10H15BrN2OS/c1-15-7-9(4-5-14)13-10-3-2-8(11)6-12-10/h2-3,6,9,14H,4-5,7H2,1H3,(H,12,13). The monoisotopic (exact) mass is 290 g/mol. The molecule has 0 amide bonds. The topological polar surface area (TPSA) is 45.1 Å². The van der Waals surface area contributed by atoms with Crippen molar-refractivity contribution in [1.82, 2.24) is 4.98 Å². The number of hydrogen-bond donors (Lipinski definition) is 2. The van der Waals surface area contributed by atoms with Crippen LogP contribution in [0.15, 0.2) is 22.8 Å². The summed E-state index contributed by atoms with van der Waals surface area (Å²) in [7, 11) is 0. The van der Waals surface area contributed by atoms with E-state index in [1.54, 1.807) is 18.0 Å². The Bertz CT molecular complexity index is 275. The molecule has 1 atom stereocenters. The highest BCUT2D eigenvalue weighted by Crippen LogP contribution is 2.13. The lowest BCUT2D eigenvalue weighted by molar-refractivity contribution is 0.282. The van der Waals surface area contributed by atoms with Crippen molar-refractivity contribution in [2.75, 3.05) is 23.9 Å². The summed E-state index contributed by atoms with van der Waals surface area (Å²) >= 11 is 5.10. The van der Waals surface area contributed by atoms with E-state index < -0.39 is 0 Å². The van der Waals surface area contributed by atoms with Gasteiger partial charge in [0, 0.05) is 29.1 Å². The van der Waals surface area contributed by atoms with Gasteiger partial charge in [0.2, 0.25) is 0 Å². The Balaban J connectivity index is 2.53. The highest BCUT2D eigenvalue weighted by molar-refractivity contribution is 9.10. The Morgan fingerprint density at radius 2 is 2.40 bits per heavy atom. The fourth-order valence-electron chi connectivity index (χ4n) is 1.22. The predicted molar refractivity (Wildman–Crippen MR) is 69.4 cm³/mol. The maximum absolute atomic E-state index is 8.91. The quantitative estimate of drug-likeness (QED) is 0.844. The number of nitrogens with zero attached hydrogens (tertiary/aromatic N) is 1. The minimum Gasteiger partial charge on any atom is -0.396 e. The molecule has 1 heterocycles. The Morgan fingerprint density at radius 3 is 2.93 bits per heavy atom.